The first-order chi connectivity index (χ1) is 8.27. The zero-order valence-electron chi connectivity index (χ0n) is 9.89. The van der Waals surface area contributed by atoms with Crippen molar-refractivity contribution in [2.75, 3.05) is 6.54 Å². The van der Waals surface area contributed by atoms with Gasteiger partial charge in [-0.15, -0.1) is 11.3 Å². The van der Waals surface area contributed by atoms with E-state index in [1.54, 1.807) is 6.07 Å². The largest absolute Gasteiger partial charge is 0.391 e. The highest BCUT2D eigenvalue weighted by atomic mass is 32.1. The molecule has 0 aliphatic heterocycles. The molecule has 17 heavy (non-hydrogen) atoms. The topological polar surface area (TPSA) is 49.3 Å². The van der Waals surface area contributed by atoms with E-state index >= 15 is 0 Å². The van der Waals surface area contributed by atoms with Crippen LogP contribution in [0.1, 0.15) is 41.8 Å². The Hall–Kier alpha value is -0.870. The van der Waals surface area contributed by atoms with Crippen LogP contribution in [0.2, 0.25) is 0 Å². The Kier molecular flexibility index (Phi) is 4.57. The third-order valence-electron chi connectivity index (χ3n) is 3.41. The first kappa shape index (κ1) is 12.6. The number of carbonyl (C=O) groups excluding carboxylic acids is 1. The van der Waals surface area contributed by atoms with Crippen LogP contribution >= 0.6 is 11.3 Å². The van der Waals surface area contributed by atoms with Gasteiger partial charge in [-0.1, -0.05) is 25.3 Å². The van der Waals surface area contributed by atoms with Crippen LogP contribution in [0.4, 0.5) is 0 Å². The van der Waals surface area contributed by atoms with Gasteiger partial charge in [0.25, 0.3) is 5.91 Å². The Balaban J connectivity index is 1.75. The number of hydrogen-bond acceptors (Lipinski definition) is 3. The lowest BCUT2D eigenvalue weighted by molar-refractivity contribution is 0.0740. The Bertz CT molecular complexity index is 344. The second-order valence-electron chi connectivity index (χ2n) is 4.65. The highest BCUT2D eigenvalue weighted by molar-refractivity contribution is 7.12. The summed E-state index contributed by atoms with van der Waals surface area (Å²) >= 11 is 1.42. The molecule has 0 radical (unpaired) electrons. The van der Waals surface area contributed by atoms with Crippen LogP contribution in [0, 0.1) is 5.92 Å². The van der Waals surface area contributed by atoms with E-state index in [9.17, 15) is 9.90 Å². The monoisotopic (exact) mass is 253 g/mol. The molecular formula is C13H19NO2S. The average Bonchev–Trinajstić information content (AvgIpc) is 2.90. The number of nitrogens with one attached hydrogen (secondary N) is 1. The van der Waals surface area contributed by atoms with Gasteiger partial charge in [-0.25, -0.2) is 0 Å². The fourth-order valence-corrected chi connectivity index (χ4v) is 3.02. The van der Waals surface area contributed by atoms with Crippen molar-refractivity contribution in [3.8, 4) is 0 Å². The Labute approximate surface area is 106 Å². The molecule has 1 amide bonds. The summed E-state index contributed by atoms with van der Waals surface area (Å²) in [7, 11) is 0. The van der Waals surface area contributed by atoms with E-state index in [2.05, 4.69) is 5.32 Å². The molecule has 0 bridgehead atoms. The summed E-state index contributed by atoms with van der Waals surface area (Å²) in [6.07, 6.45) is 5.50. The zero-order valence-corrected chi connectivity index (χ0v) is 10.7. The molecule has 1 aromatic rings. The van der Waals surface area contributed by atoms with E-state index < -0.39 is 0 Å². The van der Waals surface area contributed by atoms with Gasteiger partial charge in [-0.3, -0.25) is 4.79 Å². The summed E-state index contributed by atoms with van der Waals surface area (Å²) in [5.41, 5.74) is 0. The highest BCUT2D eigenvalue weighted by Gasteiger charge is 2.22. The van der Waals surface area contributed by atoms with E-state index in [1.807, 2.05) is 11.4 Å². The second kappa shape index (κ2) is 6.17. The fraction of sp³-hybridized carbons (Fsp3) is 0.615. The van der Waals surface area contributed by atoms with E-state index in [0.29, 0.717) is 17.3 Å². The molecule has 2 N–H and O–H groups in total. The molecular weight excluding hydrogens is 234 g/mol. The summed E-state index contributed by atoms with van der Waals surface area (Å²) in [4.78, 5) is 12.4. The predicted octanol–water partition coefficient (Wildman–Crippen LogP) is 2.42. The van der Waals surface area contributed by atoms with E-state index in [4.69, 9.17) is 0 Å². The van der Waals surface area contributed by atoms with Crippen molar-refractivity contribution < 1.29 is 9.90 Å². The Morgan fingerprint density at radius 3 is 2.88 bits per heavy atom. The van der Waals surface area contributed by atoms with E-state index in [0.717, 1.165) is 12.8 Å². The number of rotatable bonds is 4. The maximum absolute atomic E-state index is 11.7. The number of carbonyl (C=O) groups is 1. The quantitative estimate of drug-likeness (QED) is 0.865. The minimum Gasteiger partial charge on any atom is -0.391 e. The minimum absolute atomic E-state index is 0.0742. The number of aliphatic hydroxyl groups excluding tert-OH is 1. The fourth-order valence-electron chi connectivity index (χ4n) is 2.38. The maximum Gasteiger partial charge on any atom is 0.261 e. The Morgan fingerprint density at radius 2 is 2.24 bits per heavy atom. The van der Waals surface area contributed by atoms with Crippen molar-refractivity contribution in [2.24, 2.45) is 5.92 Å². The Morgan fingerprint density at radius 1 is 1.47 bits per heavy atom. The predicted molar refractivity (Wildman–Crippen MR) is 69.2 cm³/mol. The first-order valence-electron chi connectivity index (χ1n) is 6.27. The van der Waals surface area contributed by atoms with E-state index in [1.165, 1.54) is 30.6 Å². The molecule has 1 aromatic heterocycles. The summed E-state index contributed by atoms with van der Waals surface area (Å²) < 4.78 is 0. The van der Waals surface area contributed by atoms with Crippen molar-refractivity contribution >= 4 is 17.2 Å². The van der Waals surface area contributed by atoms with Gasteiger partial charge < -0.3 is 10.4 Å². The molecule has 1 atom stereocenters. The lowest BCUT2D eigenvalue weighted by atomic mass is 9.85. The lowest BCUT2D eigenvalue weighted by Crippen LogP contribution is -2.36. The molecule has 3 nitrogen and oxygen atoms in total. The number of hydrogen-bond donors (Lipinski definition) is 2. The van der Waals surface area contributed by atoms with E-state index in [-0.39, 0.29) is 12.0 Å². The first-order valence-corrected chi connectivity index (χ1v) is 7.15. The summed E-state index contributed by atoms with van der Waals surface area (Å²) in [5, 5.41) is 14.7. The van der Waals surface area contributed by atoms with Crippen molar-refractivity contribution in [3.05, 3.63) is 22.4 Å². The molecule has 94 valence electrons. The molecule has 1 unspecified atom stereocenters. The van der Waals surface area contributed by atoms with Gasteiger partial charge in [-0.05, 0) is 30.2 Å². The molecule has 0 spiro atoms. The molecule has 1 heterocycles. The van der Waals surface area contributed by atoms with Crippen molar-refractivity contribution in [1.82, 2.24) is 5.32 Å². The van der Waals surface area contributed by atoms with Crippen LogP contribution in [0.5, 0.6) is 0 Å². The molecule has 1 aliphatic rings. The maximum atomic E-state index is 11.7. The van der Waals surface area contributed by atoms with Gasteiger partial charge >= 0.3 is 0 Å². The van der Waals surface area contributed by atoms with Crippen molar-refractivity contribution in [2.45, 2.75) is 38.2 Å². The molecule has 1 fully saturated rings. The molecule has 0 saturated heterocycles. The second-order valence-corrected chi connectivity index (χ2v) is 5.60. The van der Waals surface area contributed by atoms with Gasteiger partial charge in [0.05, 0.1) is 11.0 Å². The van der Waals surface area contributed by atoms with Gasteiger partial charge in [0, 0.05) is 6.54 Å². The third kappa shape index (κ3) is 3.54. The summed E-state index contributed by atoms with van der Waals surface area (Å²) in [5.74, 6) is 0.294. The van der Waals surface area contributed by atoms with Crippen LogP contribution in [0.25, 0.3) is 0 Å². The number of thiophene rings is 1. The molecule has 0 aromatic carbocycles. The number of aliphatic hydroxyl groups is 1. The minimum atomic E-state index is -0.390. The standard InChI is InChI=1S/C13H19NO2S/c15-11(10-5-2-1-3-6-10)9-14-13(16)12-7-4-8-17-12/h4,7-8,10-11,15H,1-3,5-6,9H2,(H,14,16). The lowest BCUT2D eigenvalue weighted by Gasteiger charge is -2.26. The van der Waals surface area contributed by atoms with Gasteiger partial charge in [-0.2, -0.15) is 0 Å². The summed E-state index contributed by atoms with van der Waals surface area (Å²) in [6, 6.07) is 3.66. The summed E-state index contributed by atoms with van der Waals surface area (Å²) in [6.45, 7) is 0.376. The molecule has 1 aliphatic carbocycles. The van der Waals surface area contributed by atoms with Crippen molar-refractivity contribution in [1.29, 1.82) is 0 Å². The number of amides is 1. The SMILES string of the molecule is O=C(NCC(O)C1CCCCC1)c1cccs1. The van der Waals surface area contributed by atoms with Crippen LogP contribution in [-0.4, -0.2) is 23.7 Å². The van der Waals surface area contributed by atoms with Gasteiger partial charge in [0.15, 0.2) is 0 Å². The molecule has 2 rings (SSSR count). The van der Waals surface area contributed by atoms with Crippen molar-refractivity contribution in [3.63, 3.8) is 0 Å². The third-order valence-corrected chi connectivity index (χ3v) is 4.28. The highest BCUT2D eigenvalue weighted by Crippen LogP contribution is 2.26. The van der Waals surface area contributed by atoms with Crippen LogP contribution in [-0.2, 0) is 0 Å². The normalized spacial score (nSPS) is 18.9. The zero-order chi connectivity index (χ0) is 12.1. The van der Waals surface area contributed by atoms with Crippen LogP contribution in [0.3, 0.4) is 0 Å². The smallest absolute Gasteiger partial charge is 0.261 e. The molecule has 4 heteroatoms. The molecule has 1 saturated carbocycles. The van der Waals surface area contributed by atoms with Crippen LogP contribution < -0.4 is 5.32 Å². The van der Waals surface area contributed by atoms with Gasteiger partial charge in [0.2, 0.25) is 0 Å². The average molecular weight is 253 g/mol. The van der Waals surface area contributed by atoms with Crippen LogP contribution in [0.15, 0.2) is 17.5 Å². The van der Waals surface area contributed by atoms with Gasteiger partial charge in [0.1, 0.15) is 0 Å².